The third-order valence-corrected chi connectivity index (χ3v) is 2.72. The van der Waals surface area contributed by atoms with Crippen molar-refractivity contribution in [1.29, 1.82) is 0 Å². The minimum Gasteiger partial charge on any atom is -0.480 e. The molecule has 0 fully saturated rings. The number of carbonyl (C=O) groups excluding carboxylic acids is 1. The summed E-state index contributed by atoms with van der Waals surface area (Å²) in [7, 11) is 4.35. The Balaban J connectivity index is 2.38. The molecular formula is C14H14N2O4. The van der Waals surface area contributed by atoms with E-state index in [0.717, 1.165) is 5.56 Å². The number of ether oxygens (including phenoxy) is 3. The van der Waals surface area contributed by atoms with Crippen LogP contribution in [0.3, 0.4) is 0 Å². The Kier molecular flexibility index (Phi) is 4.14. The van der Waals surface area contributed by atoms with Gasteiger partial charge < -0.3 is 14.2 Å². The summed E-state index contributed by atoms with van der Waals surface area (Å²) in [5, 5.41) is 0. The lowest BCUT2D eigenvalue weighted by atomic mass is 10.1. The van der Waals surface area contributed by atoms with Crippen molar-refractivity contribution in [2.45, 2.75) is 0 Å². The maximum atomic E-state index is 11.4. The molecule has 0 bridgehead atoms. The summed E-state index contributed by atoms with van der Waals surface area (Å²) in [4.78, 5) is 19.5. The number of benzene rings is 1. The summed E-state index contributed by atoms with van der Waals surface area (Å²) in [6.45, 7) is 0. The second-order valence-electron chi connectivity index (χ2n) is 3.85. The fourth-order valence-corrected chi connectivity index (χ4v) is 1.71. The van der Waals surface area contributed by atoms with Crippen LogP contribution in [0.15, 0.2) is 30.5 Å². The van der Waals surface area contributed by atoms with E-state index in [2.05, 4.69) is 14.7 Å². The van der Waals surface area contributed by atoms with E-state index in [1.54, 1.807) is 30.5 Å². The van der Waals surface area contributed by atoms with Crippen LogP contribution < -0.4 is 9.47 Å². The largest absolute Gasteiger partial charge is 0.480 e. The molecule has 6 heteroatoms. The number of methoxy groups -OCH3 is 3. The van der Waals surface area contributed by atoms with Crippen molar-refractivity contribution >= 4 is 5.97 Å². The van der Waals surface area contributed by atoms with E-state index < -0.39 is 0 Å². The molecule has 0 N–H and O–H groups in total. The van der Waals surface area contributed by atoms with E-state index in [4.69, 9.17) is 9.47 Å². The Bertz CT molecular complexity index is 611. The zero-order chi connectivity index (χ0) is 14.5. The van der Waals surface area contributed by atoms with Crippen LogP contribution in [0.4, 0.5) is 0 Å². The average Bonchev–Trinajstić information content (AvgIpc) is 2.53. The summed E-state index contributed by atoms with van der Waals surface area (Å²) in [6, 6.07) is 7.13. The van der Waals surface area contributed by atoms with E-state index in [1.165, 1.54) is 21.3 Å². The van der Waals surface area contributed by atoms with Crippen molar-refractivity contribution in [1.82, 2.24) is 9.97 Å². The molecule has 0 spiro atoms. The third-order valence-electron chi connectivity index (χ3n) is 2.72. The van der Waals surface area contributed by atoms with E-state index in [0.29, 0.717) is 17.0 Å². The van der Waals surface area contributed by atoms with Crippen LogP contribution in [0.2, 0.25) is 0 Å². The van der Waals surface area contributed by atoms with Gasteiger partial charge in [0.25, 0.3) is 0 Å². The van der Waals surface area contributed by atoms with Crippen LogP contribution in [-0.4, -0.2) is 37.3 Å². The molecule has 1 aromatic carbocycles. The monoisotopic (exact) mass is 274 g/mol. The number of carbonyl (C=O) groups is 1. The number of aromatic nitrogens is 2. The van der Waals surface area contributed by atoms with Gasteiger partial charge in [0, 0.05) is 6.20 Å². The fraction of sp³-hybridized carbons (Fsp3) is 0.214. The smallest absolute Gasteiger partial charge is 0.337 e. The van der Waals surface area contributed by atoms with Gasteiger partial charge in [-0.15, -0.1) is 0 Å². The van der Waals surface area contributed by atoms with Crippen LogP contribution in [0.1, 0.15) is 10.4 Å². The Morgan fingerprint density at radius 3 is 2.30 bits per heavy atom. The molecule has 6 nitrogen and oxygen atoms in total. The Labute approximate surface area is 116 Å². The van der Waals surface area contributed by atoms with Crippen molar-refractivity contribution in [2.75, 3.05) is 21.3 Å². The molecule has 0 unspecified atom stereocenters. The van der Waals surface area contributed by atoms with Gasteiger partial charge in [0.2, 0.25) is 5.88 Å². The molecule has 0 saturated carbocycles. The fourth-order valence-electron chi connectivity index (χ4n) is 1.71. The summed E-state index contributed by atoms with van der Waals surface area (Å²) < 4.78 is 14.8. The molecule has 0 atom stereocenters. The van der Waals surface area contributed by atoms with Gasteiger partial charge >= 0.3 is 12.0 Å². The third kappa shape index (κ3) is 2.69. The number of nitrogens with zero attached hydrogens (tertiary/aromatic N) is 2. The van der Waals surface area contributed by atoms with E-state index >= 15 is 0 Å². The maximum Gasteiger partial charge on any atom is 0.337 e. The lowest BCUT2D eigenvalue weighted by molar-refractivity contribution is 0.0601. The van der Waals surface area contributed by atoms with Gasteiger partial charge in [-0.05, 0) is 17.7 Å². The zero-order valence-corrected chi connectivity index (χ0v) is 11.4. The van der Waals surface area contributed by atoms with E-state index in [9.17, 15) is 4.79 Å². The van der Waals surface area contributed by atoms with E-state index in [-0.39, 0.29) is 12.0 Å². The lowest BCUT2D eigenvalue weighted by Gasteiger charge is -2.08. The minimum absolute atomic E-state index is 0.233. The normalized spacial score (nSPS) is 9.95. The Hall–Kier alpha value is -2.63. The number of esters is 1. The molecule has 2 aromatic rings. The molecule has 1 heterocycles. The number of rotatable bonds is 4. The van der Waals surface area contributed by atoms with Crippen LogP contribution >= 0.6 is 0 Å². The van der Waals surface area contributed by atoms with Gasteiger partial charge in [0.05, 0.1) is 32.5 Å². The standard InChI is InChI=1S/C14H14N2O4/c1-18-12-11(8-15-14(16-12)20-3)9-4-6-10(7-5-9)13(17)19-2/h4-8H,1-3H3. The molecular weight excluding hydrogens is 260 g/mol. The summed E-state index contributed by atoms with van der Waals surface area (Å²) in [5.41, 5.74) is 2.02. The molecule has 104 valence electrons. The first kappa shape index (κ1) is 13.8. The van der Waals surface area contributed by atoms with Crippen molar-refractivity contribution in [3.63, 3.8) is 0 Å². The molecule has 0 aliphatic rings. The van der Waals surface area contributed by atoms with Gasteiger partial charge in [-0.1, -0.05) is 12.1 Å². The highest BCUT2D eigenvalue weighted by Gasteiger charge is 2.11. The molecule has 1 aromatic heterocycles. The average molecular weight is 274 g/mol. The quantitative estimate of drug-likeness (QED) is 0.794. The topological polar surface area (TPSA) is 70.5 Å². The molecule has 2 rings (SSSR count). The molecule has 0 amide bonds. The molecule has 0 saturated heterocycles. The Morgan fingerprint density at radius 1 is 1.05 bits per heavy atom. The molecule has 0 aliphatic heterocycles. The highest BCUT2D eigenvalue weighted by molar-refractivity contribution is 5.90. The molecule has 0 radical (unpaired) electrons. The number of hydrogen-bond acceptors (Lipinski definition) is 6. The number of hydrogen-bond donors (Lipinski definition) is 0. The minimum atomic E-state index is -0.380. The predicted molar refractivity (Wildman–Crippen MR) is 71.9 cm³/mol. The van der Waals surface area contributed by atoms with Gasteiger partial charge in [-0.25, -0.2) is 9.78 Å². The highest BCUT2D eigenvalue weighted by atomic mass is 16.5. The first-order chi connectivity index (χ1) is 9.69. The van der Waals surface area contributed by atoms with Gasteiger partial charge in [-0.2, -0.15) is 4.98 Å². The lowest BCUT2D eigenvalue weighted by Crippen LogP contribution is -2.01. The second-order valence-corrected chi connectivity index (χ2v) is 3.85. The molecule has 0 aliphatic carbocycles. The maximum absolute atomic E-state index is 11.4. The summed E-state index contributed by atoms with van der Waals surface area (Å²) in [5.74, 6) is 0.0252. The van der Waals surface area contributed by atoms with Crippen LogP contribution in [0, 0.1) is 0 Å². The van der Waals surface area contributed by atoms with Gasteiger partial charge in [-0.3, -0.25) is 0 Å². The van der Waals surface area contributed by atoms with Crippen molar-refractivity contribution in [3.8, 4) is 23.0 Å². The van der Waals surface area contributed by atoms with Crippen molar-refractivity contribution < 1.29 is 19.0 Å². The zero-order valence-electron chi connectivity index (χ0n) is 11.4. The van der Waals surface area contributed by atoms with Crippen LogP contribution in [-0.2, 0) is 4.74 Å². The van der Waals surface area contributed by atoms with E-state index in [1.807, 2.05) is 0 Å². The van der Waals surface area contributed by atoms with Gasteiger partial charge in [0.15, 0.2) is 0 Å². The summed E-state index contributed by atoms with van der Waals surface area (Å²) >= 11 is 0. The first-order valence-electron chi connectivity index (χ1n) is 5.83. The van der Waals surface area contributed by atoms with Crippen molar-refractivity contribution in [2.24, 2.45) is 0 Å². The summed E-state index contributed by atoms with van der Waals surface area (Å²) in [6.07, 6.45) is 1.61. The van der Waals surface area contributed by atoms with Crippen LogP contribution in [0.5, 0.6) is 11.9 Å². The van der Waals surface area contributed by atoms with Gasteiger partial charge in [0.1, 0.15) is 0 Å². The van der Waals surface area contributed by atoms with Crippen LogP contribution in [0.25, 0.3) is 11.1 Å². The molecule has 20 heavy (non-hydrogen) atoms. The first-order valence-corrected chi connectivity index (χ1v) is 5.83. The Morgan fingerprint density at radius 2 is 1.75 bits per heavy atom. The second kappa shape index (κ2) is 6.01. The van der Waals surface area contributed by atoms with Crippen molar-refractivity contribution in [3.05, 3.63) is 36.0 Å². The highest BCUT2D eigenvalue weighted by Crippen LogP contribution is 2.28. The predicted octanol–water partition coefficient (Wildman–Crippen LogP) is 1.95. The SMILES string of the molecule is COC(=O)c1ccc(-c2cnc(OC)nc2OC)cc1.